The van der Waals surface area contributed by atoms with E-state index in [-0.39, 0.29) is 0 Å². The molecule has 1 fully saturated rings. The van der Waals surface area contributed by atoms with Crippen LogP contribution in [0.4, 0.5) is 0 Å². The van der Waals surface area contributed by atoms with Gasteiger partial charge < -0.3 is 0 Å². The Hall–Kier alpha value is -0.0800. The van der Waals surface area contributed by atoms with Gasteiger partial charge in [0.1, 0.15) is 0 Å². The van der Waals surface area contributed by atoms with Gasteiger partial charge in [-0.2, -0.15) is 0 Å². The molecule has 0 spiro atoms. The van der Waals surface area contributed by atoms with E-state index in [1.807, 2.05) is 0 Å². The topological polar surface area (TPSA) is 38.0 Å². The highest BCUT2D eigenvalue weighted by Crippen LogP contribution is 2.32. The molecule has 0 aromatic rings. The van der Waals surface area contributed by atoms with Crippen molar-refractivity contribution in [1.82, 2.24) is 5.43 Å². The Morgan fingerprint density at radius 3 is 2.23 bits per heavy atom. The SMILES string of the molecule is CCC(CC)C(CC1CCC1)NN. The van der Waals surface area contributed by atoms with Gasteiger partial charge >= 0.3 is 0 Å². The minimum absolute atomic E-state index is 0.556. The van der Waals surface area contributed by atoms with E-state index < -0.39 is 0 Å². The second kappa shape index (κ2) is 5.61. The van der Waals surface area contributed by atoms with E-state index in [0.29, 0.717) is 6.04 Å². The van der Waals surface area contributed by atoms with E-state index in [0.717, 1.165) is 11.8 Å². The lowest BCUT2D eigenvalue weighted by Crippen LogP contribution is -2.42. The van der Waals surface area contributed by atoms with Gasteiger partial charge in [-0.15, -0.1) is 0 Å². The summed E-state index contributed by atoms with van der Waals surface area (Å²) in [6.45, 7) is 4.53. The first-order valence-corrected chi connectivity index (χ1v) is 5.77. The van der Waals surface area contributed by atoms with Crippen molar-refractivity contribution in [2.45, 2.75) is 58.4 Å². The molecule has 1 unspecified atom stereocenters. The number of nitrogens with two attached hydrogens (primary N) is 1. The summed E-state index contributed by atoms with van der Waals surface area (Å²) < 4.78 is 0. The average Bonchev–Trinajstić information content (AvgIpc) is 2.09. The van der Waals surface area contributed by atoms with Crippen molar-refractivity contribution in [3.63, 3.8) is 0 Å². The molecule has 1 atom stereocenters. The van der Waals surface area contributed by atoms with Gasteiger partial charge in [0.2, 0.25) is 0 Å². The van der Waals surface area contributed by atoms with E-state index in [2.05, 4.69) is 19.3 Å². The third-order valence-electron chi connectivity index (χ3n) is 3.64. The quantitative estimate of drug-likeness (QED) is 0.491. The van der Waals surface area contributed by atoms with Crippen LogP contribution >= 0.6 is 0 Å². The molecule has 0 aromatic heterocycles. The van der Waals surface area contributed by atoms with Crippen LogP contribution < -0.4 is 11.3 Å². The minimum atomic E-state index is 0.556. The number of hydrogen-bond acceptors (Lipinski definition) is 2. The molecular formula is C11H24N2. The molecule has 1 saturated carbocycles. The summed E-state index contributed by atoms with van der Waals surface area (Å²) in [6.07, 6.45) is 8.08. The normalized spacial score (nSPS) is 20.3. The van der Waals surface area contributed by atoms with Gasteiger partial charge in [0.15, 0.2) is 0 Å². The van der Waals surface area contributed by atoms with Crippen LogP contribution in [0, 0.1) is 11.8 Å². The van der Waals surface area contributed by atoms with Crippen LogP contribution in [-0.2, 0) is 0 Å². The molecule has 1 aliphatic rings. The summed E-state index contributed by atoms with van der Waals surface area (Å²) in [4.78, 5) is 0. The van der Waals surface area contributed by atoms with Crippen LogP contribution in [-0.4, -0.2) is 6.04 Å². The lowest BCUT2D eigenvalue weighted by molar-refractivity contribution is 0.216. The largest absolute Gasteiger partial charge is 0.271 e. The highest BCUT2D eigenvalue weighted by atomic mass is 15.2. The van der Waals surface area contributed by atoms with Crippen molar-refractivity contribution in [3.05, 3.63) is 0 Å². The molecule has 2 heteroatoms. The molecule has 3 N–H and O–H groups in total. The fraction of sp³-hybridized carbons (Fsp3) is 1.00. The summed E-state index contributed by atoms with van der Waals surface area (Å²) in [6, 6.07) is 0.556. The summed E-state index contributed by atoms with van der Waals surface area (Å²) in [7, 11) is 0. The monoisotopic (exact) mass is 184 g/mol. The minimum Gasteiger partial charge on any atom is -0.271 e. The molecule has 1 rings (SSSR count). The molecule has 78 valence electrons. The van der Waals surface area contributed by atoms with Crippen LogP contribution in [0.5, 0.6) is 0 Å². The number of nitrogens with one attached hydrogen (secondary N) is 1. The molecule has 2 nitrogen and oxygen atoms in total. The van der Waals surface area contributed by atoms with Crippen molar-refractivity contribution in [2.24, 2.45) is 17.7 Å². The van der Waals surface area contributed by atoms with Crippen LogP contribution in [0.2, 0.25) is 0 Å². The maximum atomic E-state index is 5.60. The fourth-order valence-electron chi connectivity index (χ4n) is 2.34. The Morgan fingerprint density at radius 1 is 1.31 bits per heavy atom. The average molecular weight is 184 g/mol. The van der Waals surface area contributed by atoms with Gasteiger partial charge in [-0.25, -0.2) is 0 Å². The van der Waals surface area contributed by atoms with Gasteiger partial charge in [-0.1, -0.05) is 46.0 Å². The van der Waals surface area contributed by atoms with E-state index in [1.54, 1.807) is 0 Å². The molecule has 0 amide bonds. The predicted octanol–water partition coefficient (Wildman–Crippen LogP) is 2.44. The Kier molecular flexibility index (Phi) is 4.74. The maximum absolute atomic E-state index is 5.60. The number of hydrazine groups is 1. The van der Waals surface area contributed by atoms with Crippen molar-refractivity contribution >= 4 is 0 Å². The highest BCUT2D eigenvalue weighted by molar-refractivity contribution is 4.80. The smallest absolute Gasteiger partial charge is 0.0241 e. The molecule has 0 bridgehead atoms. The second-order valence-electron chi connectivity index (χ2n) is 4.38. The third-order valence-corrected chi connectivity index (χ3v) is 3.64. The zero-order valence-electron chi connectivity index (χ0n) is 9.05. The molecule has 0 heterocycles. The molecule has 0 aromatic carbocycles. The van der Waals surface area contributed by atoms with E-state index in [1.165, 1.54) is 38.5 Å². The van der Waals surface area contributed by atoms with Crippen LogP contribution in [0.15, 0.2) is 0 Å². The van der Waals surface area contributed by atoms with Crippen molar-refractivity contribution in [1.29, 1.82) is 0 Å². The zero-order chi connectivity index (χ0) is 9.68. The first kappa shape index (κ1) is 11.0. The Balaban J connectivity index is 2.30. The summed E-state index contributed by atoms with van der Waals surface area (Å²) in [5.74, 6) is 7.33. The van der Waals surface area contributed by atoms with Crippen LogP contribution in [0.25, 0.3) is 0 Å². The molecular weight excluding hydrogens is 160 g/mol. The van der Waals surface area contributed by atoms with Gasteiger partial charge in [-0.05, 0) is 18.3 Å². The van der Waals surface area contributed by atoms with Crippen molar-refractivity contribution < 1.29 is 0 Å². The van der Waals surface area contributed by atoms with E-state index >= 15 is 0 Å². The Bertz CT molecular complexity index is 128. The van der Waals surface area contributed by atoms with Gasteiger partial charge in [-0.3, -0.25) is 11.3 Å². The lowest BCUT2D eigenvalue weighted by atomic mass is 9.77. The molecule has 0 saturated heterocycles. The molecule has 0 aliphatic heterocycles. The highest BCUT2D eigenvalue weighted by Gasteiger charge is 2.25. The van der Waals surface area contributed by atoms with E-state index in [9.17, 15) is 0 Å². The lowest BCUT2D eigenvalue weighted by Gasteiger charge is -2.32. The molecule has 13 heavy (non-hydrogen) atoms. The van der Waals surface area contributed by atoms with Crippen LogP contribution in [0.3, 0.4) is 0 Å². The zero-order valence-corrected chi connectivity index (χ0v) is 9.05. The third kappa shape index (κ3) is 2.96. The fourth-order valence-corrected chi connectivity index (χ4v) is 2.34. The molecule has 1 aliphatic carbocycles. The number of hydrogen-bond donors (Lipinski definition) is 2. The van der Waals surface area contributed by atoms with Crippen molar-refractivity contribution in [2.75, 3.05) is 0 Å². The number of rotatable bonds is 6. The Labute approximate surface area is 82.2 Å². The van der Waals surface area contributed by atoms with Crippen molar-refractivity contribution in [3.8, 4) is 0 Å². The first-order valence-electron chi connectivity index (χ1n) is 5.77. The van der Waals surface area contributed by atoms with Gasteiger partial charge in [0, 0.05) is 6.04 Å². The van der Waals surface area contributed by atoms with Gasteiger partial charge in [0.05, 0.1) is 0 Å². The van der Waals surface area contributed by atoms with E-state index in [4.69, 9.17) is 5.84 Å². The predicted molar refractivity (Wildman–Crippen MR) is 57.1 cm³/mol. The summed E-state index contributed by atoms with van der Waals surface area (Å²) in [5, 5.41) is 0. The Morgan fingerprint density at radius 2 is 1.92 bits per heavy atom. The maximum Gasteiger partial charge on any atom is 0.0241 e. The van der Waals surface area contributed by atoms with Crippen LogP contribution in [0.1, 0.15) is 52.4 Å². The summed E-state index contributed by atoms with van der Waals surface area (Å²) >= 11 is 0. The standard InChI is InChI=1S/C11H24N2/c1-3-10(4-2)11(13-12)8-9-6-5-7-9/h9-11,13H,3-8,12H2,1-2H3. The summed E-state index contributed by atoms with van der Waals surface area (Å²) in [5.41, 5.74) is 3.00. The van der Waals surface area contributed by atoms with Gasteiger partial charge in [0.25, 0.3) is 0 Å². The molecule has 0 radical (unpaired) electrons. The second-order valence-corrected chi connectivity index (χ2v) is 4.38. The first-order chi connectivity index (χ1) is 6.31.